The number of carboxylic acids is 1. The lowest BCUT2D eigenvalue weighted by molar-refractivity contribution is -0.137. The molecule has 0 aromatic rings. The van der Waals surface area contributed by atoms with Crippen LogP contribution >= 0.6 is 0 Å². The third kappa shape index (κ3) is 8.44. The van der Waals surface area contributed by atoms with Crippen LogP contribution in [-0.2, 0) is 9.59 Å². The maximum Gasteiger partial charge on any atom is 0.303 e. The van der Waals surface area contributed by atoms with E-state index >= 15 is 0 Å². The quantitative estimate of drug-likeness (QED) is 0.412. The van der Waals surface area contributed by atoms with Gasteiger partial charge in [0.15, 0.2) is 0 Å². The largest absolute Gasteiger partial charge is 0.481 e. The van der Waals surface area contributed by atoms with Crippen LogP contribution in [0.5, 0.6) is 0 Å². The van der Waals surface area contributed by atoms with Gasteiger partial charge in [0.2, 0.25) is 0 Å². The Bertz CT molecular complexity index is 439. The number of ketones is 1. The van der Waals surface area contributed by atoms with Crippen molar-refractivity contribution in [1.29, 1.82) is 0 Å². The molecule has 0 heterocycles. The molecule has 4 heteroatoms. The first-order valence-corrected chi connectivity index (χ1v) is 9.30. The molecule has 0 bridgehead atoms. The minimum absolute atomic E-state index is 0.0137. The Labute approximate surface area is 145 Å². The molecule has 1 saturated carbocycles. The molecule has 0 aromatic heterocycles. The van der Waals surface area contributed by atoms with Crippen molar-refractivity contribution in [2.24, 2.45) is 11.8 Å². The van der Waals surface area contributed by atoms with E-state index in [9.17, 15) is 14.7 Å². The number of Topliss-reactive ketones (excluding diaryl/α,β-unsaturated/α-hetero) is 1. The van der Waals surface area contributed by atoms with E-state index in [0.717, 1.165) is 38.5 Å². The van der Waals surface area contributed by atoms with Crippen LogP contribution in [0.15, 0.2) is 24.3 Å². The number of rotatable bonds is 12. The summed E-state index contributed by atoms with van der Waals surface area (Å²) in [5.74, 6) is -0.223. The molecule has 0 aromatic carbocycles. The standard InChI is InChI=1S/C20H32O4/c1-2-3-6-9-17(21)14-12-16-13-15-19(22)18(16)10-7-4-5-8-11-20(23)24/h4,7,12,14,16-18,21H,2-3,5-6,8-11,13,15H2,1H3,(H,23,24)/b7-4-,14-12+/t16-,17+,18+/m0/s1. The topological polar surface area (TPSA) is 74.6 Å². The van der Waals surface area contributed by atoms with E-state index < -0.39 is 12.1 Å². The molecule has 1 rings (SSSR count). The van der Waals surface area contributed by atoms with E-state index in [1.54, 1.807) is 0 Å². The van der Waals surface area contributed by atoms with Crippen LogP contribution in [0, 0.1) is 11.8 Å². The maximum atomic E-state index is 12.0. The monoisotopic (exact) mass is 336 g/mol. The summed E-state index contributed by atoms with van der Waals surface area (Å²) in [6.45, 7) is 2.14. The highest BCUT2D eigenvalue weighted by atomic mass is 16.4. The van der Waals surface area contributed by atoms with Crippen molar-refractivity contribution in [1.82, 2.24) is 0 Å². The SMILES string of the molecule is CCCCC[C@@H](O)/C=C/[C@H]1CCC(=O)[C@@H]1C/C=C\CCCC(=O)O. The molecular formula is C20H32O4. The molecule has 3 atom stereocenters. The highest BCUT2D eigenvalue weighted by Crippen LogP contribution is 2.33. The predicted octanol–water partition coefficient (Wildman–Crippen LogP) is 4.28. The zero-order valence-electron chi connectivity index (χ0n) is 14.8. The minimum atomic E-state index is -0.767. The lowest BCUT2D eigenvalue weighted by atomic mass is 9.91. The average molecular weight is 336 g/mol. The van der Waals surface area contributed by atoms with Gasteiger partial charge in [-0.25, -0.2) is 0 Å². The van der Waals surface area contributed by atoms with Crippen molar-refractivity contribution in [2.75, 3.05) is 0 Å². The maximum absolute atomic E-state index is 12.0. The van der Waals surface area contributed by atoms with Gasteiger partial charge in [-0.3, -0.25) is 9.59 Å². The van der Waals surface area contributed by atoms with Crippen LogP contribution in [0.2, 0.25) is 0 Å². The second kappa shape index (κ2) is 12.0. The van der Waals surface area contributed by atoms with Gasteiger partial charge in [0.05, 0.1) is 6.10 Å². The molecule has 0 amide bonds. The molecule has 0 radical (unpaired) electrons. The van der Waals surface area contributed by atoms with Crippen molar-refractivity contribution < 1.29 is 19.8 Å². The van der Waals surface area contributed by atoms with Crippen molar-refractivity contribution in [2.45, 2.75) is 77.2 Å². The lowest BCUT2D eigenvalue weighted by Gasteiger charge is -2.13. The fourth-order valence-corrected chi connectivity index (χ4v) is 3.17. The van der Waals surface area contributed by atoms with Gasteiger partial charge in [0, 0.05) is 18.8 Å². The van der Waals surface area contributed by atoms with Crippen LogP contribution in [0.3, 0.4) is 0 Å². The average Bonchev–Trinajstić information content (AvgIpc) is 2.89. The third-order valence-electron chi connectivity index (χ3n) is 4.66. The van der Waals surface area contributed by atoms with Crippen LogP contribution < -0.4 is 0 Å². The van der Waals surface area contributed by atoms with Crippen molar-refractivity contribution in [3.8, 4) is 0 Å². The number of aliphatic carboxylic acids is 1. The lowest BCUT2D eigenvalue weighted by Crippen LogP contribution is -2.13. The number of carboxylic acid groups (broad SMARTS) is 1. The van der Waals surface area contributed by atoms with E-state index in [0.29, 0.717) is 25.0 Å². The van der Waals surface area contributed by atoms with E-state index in [2.05, 4.69) is 6.92 Å². The van der Waals surface area contributed by atoms with E-state index in [1.165, 1.54) is 0 Å². The van der Waals surface area contributed by atoms with E-state index in [1.807, 2.05) is 24.3 Å². The van der Waals surface area contributed by atoms with Gasteiger partial charge < -0.3 is 10.2 Å². The zero-order valence-corrected chi connectivity index (χ0v) is 14.8. The third-order valence-corrected chi connectivity index (χ3v) is 4.66. The summed E-state index contributed by atoms with van der Waals surface area (Å²) in [5.41, 5.74) is 0. The first-order valence-electron chi connectivity index (χ1n) is 9.30. The zero-order chi connectivity index (χ0) is 17.8. The fraction of sp³-hybridized carbons (Fsp3) is 0.700. The summed E-state index contributed by atoms with van der Waals surface area (Å²) in [7, 11) is 0. The summed E-state index contributed by atoms with van der Waals surface area (Å²) in [6, 6.07) is 0. The Balaban J connectivity index is 2.37. The molecule has 1 aliphatic rings. The summed E-state index contributed by atoms with van der Waals surface area (Å²) >= 11 is 0. The first kappa shape index (κ1) is 20.6. The number of aliphatic hydroxyl groups is 1. The smallest absolute Gasteiger partial charge is 0.303 e. The van der Waals surface area contributed by atoms with Crippen LogP contribution in [0.4, 0.5) is 0 Å². The summed E-state index contributed by atoms with van der Waals surface area (Å²) < 4.78 is 0. The van der Waals surface area contributed by atoms with Gasteiger partial charge in [0.1, 0.15) is 5.78 Å². The van der Waals surface area contributed by atoms with Gasteiger partial charge in [0.25, 0.3) is 0 Å². The van der Waals surface area contributed by atoms with Crippen LogP contribution in [0.25, 0.3) is 0 Å². The Kier molecular flexibility index (Phi) is 10.3. The minimum Gasteiger partial charge on any atom is -0.481 e. The fourth-order valence-electron chi connectivity index (χ4n) is 3.17. The van der Waals surface area contributed by atoms with Crippen molar-refractivity contribution >= 4 is 11.8 Å². The van der Waals surface area contributed by atoms with E-state index in [4.69, 9.17) is 5.11 Å². The molecule has 136 valence electrons. The second-order valence-electron chi connectivity index (χ2n) is 6.72. The van der Waals surface area contributed by atoms with Crippen molar-refractivity contribution in [3.63, 3.8) is 0 Å². The van der Waals surface area contributed by atoms with Gasteiger partial charge in [-0.2, -0.15) is 0 Å². The van der Waals surface area contributed by atoms with Gasteiger partial charge in [-0.1, -0.05) is 50.5 Å². The molecule has 24 heavy (non-hydrogen) atoms. The number of unbranched alkanes of at least 4 members (excludes halogenated alkanes) is 3. The summed E-state index contributed by atoms with van der Waals surface area (Å²) in [5, 5.41) is 18.6. The molecule has 0 spiro atoms. The number of hydrogen-bond donors (Lipinski definition) is 2. The number of allylic oxidation sites excluding steroid dienone is 3. The Morgan fingerprint density at radius 1 is 1.29 bits per heavy atom. The second-order valence-corrected chi connectivity index (χ2v) is 6.72. The molecule has 0 unspecified atom stereocenters. The number of carbonyl (C=O) groups is 2. The Morgan fingerprint density at radius 2 is 2.08 bits per heavy atom. The van der Waals surface area contributed by atoms with Gasteiger partial charge in [-0.15, -0.1) is 0 Å². The summed E-state index contributed by atoms with van der Waals surface area (Å²) in [4.78, 5) is 22.5. The number of hydrogen-bond acceptors (Lipinski definition) is 3. The molecule has 1 aliphatic carbocycles. The van der Waals surface area contributed by atoms with E-state index in [-0.39, 0.29) is 18.3 Å². The molecule has 0 aliphatic heterocycles. The molecule has 1 fully saturated rings. The first-order chi connectivity index (χ1) is 11.5. The van der Waals surface area contributed by atoms with Gasteiger partial charge in [-0.05, 0) is 38.0 Å². The summed E-state index contributed by atoms with van der Waals surface area (Å²) in [6.07, 6.45) is 15.4. The number of aliphatic hydroxyl groups excluding tert-OH is 1. The molecule has 0 saturated heterocycles. The highest BCUT2D eigenvalue weighted by molar-refractivity contribution is 5.83. The molecule has 4 nitrogen and oxygen atoms in total. The molecular weight excluding hydrogens is 304 g/mol. The Morgan fingerprint density at radius 3 is 2.79 bits per heavy atom. The Hall–Kier alpha value is -1.42. The molecule has 2 N–H and O–H groups in total. The number of carbonyl (C=O) groups excluding carboxylic acids is 1. The van der Waals surface area contributed by atoms with Crippen LogP contribution in [0.1, 0.15) is 71.1 Å². The van der Waals surface area contributed by atoms with Gasteiger partial charge >= 0.3 is 5.97 Å². The predicted molar refractivity (Wildman–Crippen MR) is 95.8 cm³/mol. The highest BCUT2D eigenvalue weighted by Gasteiger charge is 2.31. The van der Waals surface area contributed by atoms with Crippen molar-refractivity contribution in [3.05, 3.63) is 24.3 Å². The van der Waals surface area contributed by atoms with Crippen LogP contribution in [-0.4, -0.2) is 28.1 Å². The normalized spacial score (nSPS) is 22.7.